The van der Waals surface area contributed by atoms with Gasteiger partial charge in [0.05, 0.1) is 35.7 Å². The molecule has 4 aromatic rings. The third kappa shape index (κ3) is 6.04. The minimum atomic E-state index is -0.303. The third-order valence-corrected chi connectivity index (χ3v) is 6.00. The van der Waals surface area contributed by atoms with Crippen LogP contribution in [0, 0.1) is 0 Å². The summed E-state index contributed by atoms with van der Waals surface area (Å²) < 4.78 is 6.73. The summed E-state index contributed by atoms with van der Waals surface area (Å²) in [6, 6.07) is 24.1. The normalized spacial score (nSPS) is 11.7. The molecule has 0 spiro atoms. The van der Waals surface area contributed by atoms with Crippen molar-refractivity contribution >= 4 is 40.9 Å². The first-order valence-electron chi connectivity index (χ1n) is 10.9. The molecule has 0 aliphatic carbocycles. The van der Waals surface area contributed by atoms with E-state index in [0.29, 0.717) is 27.5 Å². The van der Waals surface area contributed by atoms with Gasteiger partial charge >= 0.3 is 0 Å². The van der Waals surface area contributed by atoms with Gasteiger partial charge in [-0.05, 0) is 54.5 Å². The third-order valence-electron chi connectivity index (χ3n) is 5.06. The highest BCUT2D eigenvalue weighted by molar-refractivity contribution is 7.99. The molecule has 1 N–H and O–H groups in total. The number of hydrazone groups is 1. The van der Waals surface area contributed by atoms with Gasteiger partial charge in [0.25, 0.3) is 11.5 Å². The molecule has 7 nitrogen and oxygen atoms in total. The summed E-state index contributed by atoms with van der Waals surface area (Å²) >= 11 is 1.17. The zero-order valence-corrected chi connectivity index (χ0v) is 20.2. The SMILES string of the molecule is COc1ccc(-n2c(SCC(=O)N/N=C/C(C)=C/c3ccccc3)nc3ccccc3c2=O)cc1. The number of allylic oxidation sites excluding steroid dienone is 1. The second kappa shape index (κ2) is 11.3. The summed E-state index contributed by atoms with van der Waals surface area (Å²) in [4.78, 5) is 30.4. The number of benzene rings is 3. The molecule has 1 amide bonds. The van der Waals surface area contributed by atoms with E-state index in [-0.39, 0.29) is 17.2 Å². The fraction of sp³-hybridized carbons (Fsp3) is 0.111. The van der Waals surface area contributed by atoms with E-state index in [2.05, 4.69) is 15.5 Å². The molecule has 35 heavy (non-hydrogen) atoms. The van der Waals surface area contributed by atoms with Crippen LogP contribution < -0.4 is 15.7 Å². The lowest BCUT2D eigenvalue weighted by atomic mass is 10.1. The van der Waals surface area contributed by atoms with Crippen LogP contribution in [0.3, 0.4) is 0 Å². The molecule has 0 fully saturated rings. The number of thioether (sulfide) groups is 1. The van der Waals surface area contributed by atoms with Crippen LogP contribution in [0.4, 0.5) is 0 Å². The number of carbonyl (C=O) groups is 1. The van der Waals surface area contributed by atoms with Crippen molar-refractivity contribution in [3.05, 3.63) is 100 Å². The molecule has 0 radical (unpaired) electrons. The topological polar surface area (TPSA) is 85.6 Å². The Kier molecular flexibility index (Phi) is 7.74. The predicted octanol–water partition coefficient (Wildman–Crippen LogP) is 4.69. The average Bonchev–Trinajstić information content (AvgIpc) is 2.88. The van der Waals surface area contributed by atoms with Crippen LogP contribution in [-0.4, -0.2) is 34.5 Å². The zero-order chi connectivity index (χ0) is 24.6. The Labute approximate surface area is 207 Å². The second-order valence-corrected chi connectivity index (χ2v) is 8.57. The highest BCUT2D eigenvalue weighted by Crippen LogP contribution is 2.22. The van der Waals surface area contributed by atoms with Crippen LogP contribution in [0.15, 0.2) is 99.5 Å². The van der Waals surface area contributed by atoms with Crippen molar-refractivity contribution in [3.63, 3.8) is 0 Å². The van der Waals surface area contributed by atoms with Gasteiger partial charge in [-0.25, -0.2) is 10.4 Å². The van der Waals surface area contributed by atoms with Crippen molar-refractivity contribution < 1.29 is 9.53 Å². The lowest BCUT2D eigenvalue weighted by Crippen LogP contribution is -2.24. The number of nitrogens with zero attached hydrogens (tertiary/aromatic N) is 3. The maximum absolute atomic E-state index is 13.3. The molecule has 0 saturated carbocycles. The standard InChI is InChI=1S/C27H24N4O3S/c1-19(16-20-8-4-3-5-9-20)17-28-30-25(32)18-35-27-29-24-11-7-6-10-23(24)26(33)31(27)21-12-14-22(34-2)15-13-21/h3-17H,18H2,1-2H3,(H,30,32)/b19-16+,28-17+. The molecule has 0 atom stereocenters. The van der Waals surface area contributed by atoms with Gasteiger partial charge in [-0.1, -0.05) is 60.3 Å². The van der Waals surface area contributed by atoms with E-state index in [1.165, 1.54) is 16.3 Å². The Hall–Kier alpha value is -4.17. The highest BCUT2D eigenvalue weighted by atomic mass is 32.2. The number of nitrogens with one attached hydrogen (secondary N) is 1. The summed E-state index contributed by atoms with van der Waals surface area (Å²) in [5.74, 6) is 0.417. The molecule has 4 rings (SSSR count). The molecule has 176 valence electrons. The van der Waals surface area contributed by atoms with Crippen molar-refractivity contribution in [1.82, 2.24) is 15.0 Å². The fourth-order valence-corrected chi connectivity index (χ4v) is 4.19. The van der Waals surface area contributed by atoms with Crippen LogP contribution >= 0.6 is 11.8 Å². The predicted molar refractivity (Wildman–Crippen MR) is 141 cm³/mol. The fourth-order valence-electron chi connectivity index (χ4n) is 3.39. The average molecular weight is 485 g/mol. The van der Waals surface area contributed by atoms with Crippen molar-refractivity contribution in [3.8, 4) is 11.4 Å². The molecule has 8 heteroatoms. The Balaban J connectivity index is 1.51. The van der Waals surface area contributed by atoms with Gasteiger partial charge in [0.2, 0.25) is 0 Å². The molecule has 1 aromatic heterocycles. The van der Waals surface area contributed by atoms with E-state index in [4.69, 9.17) is 4.74 Å². The summed E-state index contributed by atoms with van der Waals surface area (Å²) in [5, 5.41) is 4.96. The molecule has 3 aromatic carbocycles. The number of carbonyl (C=O) groups excluding carboxylic acids is 1. The van der Waals surface area contributed by atoms with Crippen LogP contribution in [0.5, 0.6) is 5.75 Å². The molecular formula is C27H24N4O3S. The van der Waals surface area contributed by atoms with E-state index >= 15 is 0 Å². The Morgan fingerprint density at radius 3 is 2.51 bits per heavy atom. The van der Waals surface area contributed by atoms with Gasteiger partial charge in [0, 0.05) is 0 Å². The molecular weight excluding hydrogens is 460 g/mol. The quantitative estimate of drug-likeness (QED) is 0.170. The summed E-state index contributed by atoms with van der Waals surface area (Å²) in [6.07, 6.45) is 3.56. The number of aromatic nitrogens is 2. The molecule has 0 saturated heterocycles. The molecule has 0 aliphatic rings. The van der Waals surface area contributed by atoms with Crippen molar-refractivity contribution in [1.29, 1.82) is 0 Å². The summed E-state index contributed by atoms with van der Waals surface area (Å²) in [5.41, 5.74) is 5.49. The molecule has 0 unspecified atom stereocenters. The first-order valence-corrected chi connectivity index (χ1v) is 11.9. The van der Waals surface area contributed by atoms with E-state index < -0.39 is 0 Å². The summed E-state index contributed by atoms with van der Waals surface area (Å²) in [6.45, 7) is 1.91. The lowest BCUT2D eigenvalue weighted by Gasteiger charge is -2.13. The maximum atomic E-state index is 13.3. The van der Waals surface area contributed by atoms with Crippen LogP contribution in [0.1, 0.15) is 12.5 Å². The van der Waals surface area contributed by atoms with Crippen molar-refractivity contribution in [2.75, 3.05) is 12.9 Å². The number of hydrogen-bond acceptors (Lipinski definition) is 6. The van der Waals surface area contributed by atoms with Crippen LogP contribution in [-0.2, 0) is 4.79 Å². The van der Waals surface area contributed by atoms with Crippen LogP contribution in [0.25, 0.3) is 22.7 Å². The number of methoxy groups -OCH3 is 1. The maximum Gasteiger partial charge on any atom is 0.266 e. The number of rotatable bonds is 8. The van der Waals surface area contributed by atoms with Crippen molar-refractivity contribution in [2.45, 2.75) is 12.1 Å². The summed E-state index contributed by atoms with van der Waals surface area (Å²) in [7, 11) is 1.58. The number of para-hydroxylation sites is 1. The first-order chi connectivity index (χ1) is 17.0. The van der Waals surface area contributed by atoms with Gasteiger partial charge in [-0.2, -0.15) is 5.10 Å². The van der Waals surface area contributed by atoms with E-state index in [0.717, 1.165) is 11.1 Å². The van der Waals surface area contributed by atoms with E-state index in [1.54, 1.807) is 55.8 Å². The smallest absolute Gasteiger partial charge is 0.266 e. The Bertz CT molecular complexity index is 1450. The highest BCUT2D eigenvalue weighted by Gasteiger charge is 2.15. The molecule has 0 bridgehead atoms. The number of fused-ring (bicyclic) bond motifs is 1. The minimum absolute atomic E-state index is 0.0414. The number of ether oxygens (including phenoxy) is 1. The van der Waals surface area contributed by atoms with Gasteiger partial charge in [0.1, 0.15) is 5.75 Å². The molecule has 0 aliphatic heterocycles. The lowest BCUT2D eigenvalue weighted by molar-refractivity contribution is -0.118. The second-order valence-electron chi connectivity index (χ2n) is 7.63. The largest absolute Gasteiger partial charge is 0.497 e. The zero-order valence-electron chi connectivity index (χ0n) is 19.3. The monoisotopic (exact) mass is 484 g/mol. The first kappa shape index (κ1) is 24.0. The minimum Gasteiger partial charge on any atom is -0.497 e. The van der Waals surface area contributed by atoms with Crippen molar-refractivity contribution in [2.24, 2.45) is 5.10 Å². The van der Waals surface area contributed by atoms with Gasteiger partial charge in [-0.3, -0.25) is 14.2 Å². The van der Waals surface area contributed by atoms with E-state index in [1.807, 2.05) is 49.4 Å². The van der Waals surface area contributed by atoms with E-state index in [9.17, 15) is 9.59 Å². The van der Waals surface area contributed by atoms with Gasteiger partial charge in [0.15, 0.2) is 5.16 Å². The number of amides is 1. The number of hydrogen-bond donors (Lipinski definition) is 1. The van der Waals surface area contributed by atoms with Gasteiger partial charge in [-0.15, -0.1) is 0 Å². The Morgan fingerprint density at radius 1 is 1.06 bits per heavy atom. The van der Waals surface area contributed by atoms with Crippen LogP contribution in [0.2, 0.25) is 0 Å². The molecule has 1 heterocycles. The Morgan fingerprint density at radius 2 is 1.77 bits per heavy atom. The van der Waals surface area contributed by atoms with Gasteiger partial charge < -0.3 is 4.74 Å².